The molecular formula is C25H32N2O3. The van der Waals surface area contributed by atoms with Gasteiger partial charge in [0.05, 0.1) is 11.8 Å². The maximum Gasteiger partial charge on any atom is 0.257 e. The molecule has 2 aromatic rings. The van der Waals surface area contributed by atoms with Crippen molar-refractivity contribution >= 4 is 11.8 Å². The van der Waals surface area contributed by atoms with Gasteiger partial charge in [-0.15, -0.1) is 0 Å². The van der Waals surface area contributed by atoms with Crippen LogP contribution in [0.4, 0.5) is 0 Å². The third kappa shape index (κ3) is 5.32. The smallest absolute Gasteiger partial charge is 0.257 e. The lowest BCUT2D eigenvalue weighted by molar-refractivity contribution is -0.133. The largest absolute Gasteiger partial charge is 0.472 e. The third-order valence-corrected chi connectivity index (χ3v) is 6.77. The molecule has 0 aliphatic carbocycles. The minimum absolute atomic E-state index is 0.0525. The zero-order valence-corrected chi connectivity index (χ0v) is 17.7. The molecule has 0 saturated carbocycles. The summed E-state index contributed by atoms with van der Waals surface area (Å²) in [7, 11) is 0. The molecule has 2 aliphatic heterocycles. The van der Waals surface area contributed by atoms with Gasteiger partial charge in [-0.2, -0.15) is 0 Å². The number of piperidine rings is 2. The first kappa shape index (κ1) is 20.7. The molecule has 0 bridgehead atoms. The van der Waals surface area contributed by atoms with Crippen LogP contribution in [-0.2, 0) is 11.2 Å². The van der Waals surface area contributed by atoms with Crippen LogP contribution in [0.3, 0.4) is 0 Å². The third-order valence-electron chi connectivity index (χ3n) is 6.77. The zero-order chi connectivity index (χ0) is 20.8. The molecule has 2 amide bonds. The lowest BCUT2D eigenvalue weighted by atomic mass is 9.89. The summed E-state index contributed by atoms with van der Waals surface area (Å²) in [6.45, 7) is 3.34. The van der Waals surface area contributed by atoms with Crippen LogP contribution in [0.5, 0.6) is 0 Å². The van der Waals surface area contributed by atoms with E-state index in [1.54, 1.807) is 6.07 Å². The van der Waals surface area contributed by atoms with Gasteiger partial charge < -0.3 is 14.2 Å². The van der Waals surface area contributed by atoms with Gasteiger partial charge in [0.15, 0.2) is 0 Å². The van der Waals surface area contributed by atoms with Gasteiger partial charge in [0.25, 0.3) is 5.91 Å². The highest BCUT2D eigenvalue weighted by molar-refractivity contribution is 5.93. The van der Waals surface area contributed by atoms with E-state index in [4.69, 9.17) is 4.42 Å². The molecule has 1 aromatic heterocycles. The van der Waals surface area contributed by atoms with Crippen molar-refractivity contribution in [2.45, 2.75) is 44.9 Å². The second-order valence-electron chi connectivity index (χ2n) is 8.80. The normalized spacial score (nSPS) is 18.5. The Bertz CT molecular complexity index is 802. The Kier molecular flexibility index (Phi) is 6.88. The van der Waals surface area contributed by atoms with E-state index in [-0.39, 0.29) is 5.91 Å². The SMILES string of the molecule is O=C(CCC1CCN(C(=O)c2ccoc2)CC1)N1CCC(Cc2ccccc2)CC1. The molecule has 2 fully saturated rings. The molecule has 30 heavy (non-hydrogen) atoms. The van der Waals surface area contributed by atoms with Crippen molar-refractivity contribution in [2.75, 3.05) is 26.2 Å². The number of hydrogen-bond donors (Lipinski definition) is 0. The predicted molar refractivity (Wildman–Crippen MR) is 116 cm³/mol. The summed E-state index contributed by atoms with van der Waals surface area (Å²) >= 11 is 0. The van der Waals surface area contributed by atoms with Crippen LogP contribution in [0.2, 0.25) is 0 Å². The number of amides is 2. The predicted octanol–water partition coefficient (Wildman–Crippen LogP) is 4.39. The van der Waals surface area contributed by atoms with Crippen molar-refractivity contribution < 1.29 is 14.0 Å². The van der Waals surface area contributed by atoms with Crippen LogP contribution in [0, 0.1) is 11.8 Å². The van der Waals surface area contributed by atoms with E-state index in [2.05, 4.69) is 35.2 Å². The summed E-state index contributed by atoms with van der Waals surface area (Å²) in [6.07, 6.45) is 9.93. The van der Waals surface area contributed by atoms with Crippen LogP contribution in [0.15, 0.2) is 53.3 Å². The van der Waals surface area contributed by atoms with Crippen molar-refractivity contribution in [1.82, 2.24) is 9.80 Å². The first-order valence-electron chi connectivity index (χ1n) is 11.3. The highest BCUT2D eigenvalue weighted by Gasteiger charge is 2.26. The Morgan fingerprint density at radius 1 is 0.867 bits per heavy atom. The molecule has 160 valence electrons. The number of benzene rings is 1. The number of likely N-dealkylation sites (tertiary alicyclic amines) is 2. The van der Waals surface area contributed by atoms with E-state index in [9.17, 15) is 9.59 Å². The Morgan fingerprint density at radius 3 is 2.20 bits per heavy atom. The summed E-state index contributed by atoms with van der Waals surface area (Å²) in [6, 6.07) is 12.4. The Morgan fingerprint density at radius 2 is 1.53 bits per heavy atom. The van der Waals surface area contributed by atoms with Gasteiger partial charge in [0.2, 0.25) is 5.91 Å². The van der Waals surface area contributed by atoms with E-state index in [0.29, 0.717) is 29.7 Å². The van der Waals surface area contributed by atoms with Crippen molar-refractivity contribution in [3.05, 3.63) is 60.1 Å². The van der Waals surface area contributed by atoms with E-state index < -0.39 is 0 Å². The number of carbonyl (C=O) groups is 2. The van der Waals surface area contributed by atoms with E-state index in [1.165, 1.54) is 18.1 Å². The fraction of sp³-hybridized carbons (Fsp3) is 0.520. The average Bonchev–Trinajstić information content (AvgIpc) is 3.34. The maximum absolute atomic E-state index is 12.7. The van der Waals surface area contributed by atoms with Crippen LogP contribution in [0.25, 0.3) is 0 Å². The van der Waals surface area contributed by atoms with Crippen molar-refractivity contribution in [3.8, 4) is 0 Å². The molecule has 0 N–H and O–H groups in total. The molecule has 0 unspecified atom stereocenters. The quantitative estimate of drug-likeness (QED) is 0.712. The lowest BCUT2D eigenvalue weighted by Crippen LogP contribution is -2.40. The van der Waals surface area contributed by atoms with Gasteiger partial charge in [-0.05, 0) is 62.0 Å². The molecule has 5 heteroatoms. The molecule has 0 spiro atoms. The fourth-order valence-corrected chi connectivity index (χ4v) is 4.81. The maximum atomic E-state index is 12.7. The first-order chi connectivity index (χ1) is 14.7. The number of furan rings is 1. The molecule has 2 aliphatic rings. The zero-order valence-electron chi connectivity index (χ0n) is 17.7. The standard InChI is InChI=1S/C25H32N2O3/c28-24(26-13-10-22(11-14-26)18-21-4-2-1-3-5-21)7-6-20-8-15-27(16-9-20)25(29)23-12-17-30-19-23/h1-5,12,17,19-20,22H,6-11,13-16,18H2. The Balaban J connectivity index is 1.14. The topological polar surface area (TPSA) is 53.8 Å². The number of carbonyl (C=O) groups excluding carboxylic acids is 2. The van der Waals surface area contributed by atoms with Crippen LogP contribution < -0.4 is 0 Å². The molecule has 0 radical (unpaired) electrons. The van der Waals surface area contributed by atoms with Gasteiger partial charge in [-0.1, -0.05) is 30.3 Å². The number of hydrogen-bond acceptors (Lipinski definition) is 3. The summed E-state index contributed by atoms with van der Waals surface area (Å²) in [5.41, 5.74) is 2.03. The summed E-state index contributed by atoms with van der Waals surface area (Å²) in [5, 5.41) is 0. The van der Waals surface area contributed by atoms with E-state index in [1.807, 2.05) is 4.90 Å². The second kappa shape index (κ2) is 9.96. The molecular weight excluding hydrogens is 376 g/mol. The monoisotopic (exact) mass is 408 g/mol. The van der Waals surface area contributed by atoms with Crippen molar-refractivity contribution in [1.29, 1.82) is 0 Å². The van der Waals surface area contributed by atoms with E-state index >= 15 is 0 Å². The summed E-state index contributed by atoms with van der Waals surface area (Å²) in [4.78, 5) is 29.0. The van der Waals surface area contributed by atoms with Gasteiger partial charge in [-0.25, -0.2) is 0 Å². The molecule has 0 atom stereocenters. The van der Waals surface area contributed by atoms with Gasteiger partial charge in [0.1, 0.15) is 6.26 Å². The number of rotatable bonds is 6. The van der Waals surface area contributed by atoms with Crippen LogP contribution in [0.1, 0.15) is 54.4 Å². The minimum atomic E-state index is 0.0525. The second-order valence-corrected chi connectivity index (χ2v) is 8.80. The Labute approximate surface area is 179 Å². The average molecular weight is 409 g/mol. The fourth-order valence-electron chi connectivity index (χ4n) is 4.81. The van der Waals surface area contributed by atoms with Crippen molar-refractivity contribution in [3.63, 3.8) is 0 Å². The highest BCUT2D eigenvalue weighted by atomic mass is 16.3. The lowest BCUT2D eigenvalue weighted by Gasteiger charge is -2.34. The van der Waals surface area contributed by atoms with Crippen LogP contribution in [-0.4, -0.2) is 47.8 Å². The first-order valence-corrected chi connectivity index (χ1v) is 11.3. The van der Waals surface area contributed by atoms with Gasteiger partial charge in [0, 0.05) is 32.6 Å². The Hall–Kier alpha value is -2.56. The molecule has 3 heterocycles. The minimum Gasteiger partial charge on any atom is -0.472 e. The highest BCUT2D eigenvalue weighted by Crippen LogP contribution is 2.26. The molecule has 4 rings (SSSR count). The molecule has 1 aromatic carbocycles. The molecule has 5 nitrogen and oxygen atoms in total. The van der Waals surface area contributed by atoms with Crippen molar-refractivity contribution in [2.24, 2.45) is 11.8 Å². The van der Waals surface area contributed by atoms with Gasteiger partial charge in [-0.3, -0.25) is 9.59 Å². The van der Waals surface area contributed by atoms with Gasteiger partial charge >= 0.3 is 0 Å². The van der Waals surface area contributed by atoms with E-state index in [0.717, 1.165) is 64.7 Å². The molecule has 2 saturated heterocycles. The van der Waals surface area contributed by atoms with Crippen LogP contribution >= 0.6 is 0 Å². The summed E-state index contributed by atoms with van der Waals surface area (Å²) < 4.78 is 5.02. The number of nitrogens with zero attached hydrogens (tertiary/aromatic N) is 2. The summed E-state index contributed by atoms with van der Waals surface area (Å²) in [5.74, 6) is 1.59.